The van der Waals surface area contributed by atoms with Gasteiger partial charge in [-0.15, -0.1) is 0 Å². The Morgan fingerprint density at radius 3 is 2.66 bits per heavy atom. The molecule has 1 aliphatic carbocycles. The molecule has 8 heteroatoms. The molecular formula is C21H26F2N4OS. The summed E-state index contributed by atoms with van der Waals surface area (Å²) in [5.41, 5.74) is 4.57. The Morgan fingerprint density at radius 2 is 2.00 bits per heavy atom. The normalized spacial score (nSPS) is 20.4. The Balaban J connectivity index is 1.60. The molecule has 29 heavy (non-hydrogen) atoms. The highest BCUT2D eigenvalue weighted by Gasteiger charge is 2.56. The van der Waals surface area contributed by atoms with Crippen LogP contribution in [-0.2, 0) is 4.74 Å². The van der Waals surface area contributed by atoms with Gasteiger partial charge in [-0.1, -0.05) is 24.9 Å². The van der Waals surface area contributed by atoms with Gasteiger partial charge in [-0.05, 0) is 30.7 Å². The van der Waals surface area contributed by atoms with Gasteiger partial charge >= 0.3 is 0 Å². The molecule has 1 atom stereocenters. The summed E-state index contributed by atoms with van der Waals surface area (Å²) in [7, 11) is 1.82. The maximum Gasteiger partial charge on any atom is 0.253 e. The van der Waals surface area contributed by atoms with Crippen molar-refractivity contribution in [3.8, 4) is 11.3 Å². The molecule has 1 saturated heterocycles. The Labute approximate surface area is 175 Å². The van der Waals surface area contributed by atoms with Crippen LogP contribution in [0.1, 0.15) is 12.0 Å². The summed E-state index contributed by atoms with van der Waals surface area (Å²) in [6.45, 7) is 5.37. The lowest BCUT2D eigenvalue weighted by molar-refractivity contribution is 0.101. The molecular weight excluding hydrogens is 394 g/mol. The van der Waals surface area contributed by atoms with Crippen LogP contribution in [0.5, 0.6) is 0 Å². The van der Waals surface area contributed by atoms with Crippen molar-refractivity contribution in [2.45, 2.75) is 19.3 Å². The molecule has 1 saturated carbocycles. The summed E-state index contributed by atoms with van der Waals surface area (Å²) in [5, 5.41) is 3.16. The molecule has 1 N–H and O–H groups in total. The highest BCUT2D eigenvalue weighted by molar-refractivity contribution is 7.81. The van der Waals surface area contributed by atoms with Crippen molar-refractivity contribution in [3.63, 3.8) is 0 Å². The molecule has 0 spiro atoms. The van der Waals surface area contributed by atoms with E-state index in [0.717, 1.165) is 47.1 Å². The largest absolute Gasteiger partial charge is 0.383 e. The molecule has 0 amide bonds. The average molecular weight is 421 g/mol. The minimum Gasteiger partial charge on any atom is -0.383 e. The Hall–Kier alpha value is -2.06. The van der Waals surface area contributed by atoms with Gasteiger partial charge in [0.15, 0.2) is 0 Å². The maximum atomic E-state index is 13.2. The third-order valence-corrected chi connectivity index (χ3v) is 5.75. The average Bonchev–Trinajstić information content (AvgIpc) is 3.33. The summed E-state index contributed by atoms with van der Waals surface area (Å²) in [6.07, 6.45) is -0.0401. The zero-order valence-electron chi connectivity index (χ0n) is 16.7. The Bertz CT molecular complexity index is 887. The van der Waals surface area contributed by atoms with Crippen molar-refractivity contribution >= 4 is 30.0 Å². The molecule has 156 valence electrons. The number of nitrogens with one attached hydrogen (secondary N) is 1. The van der Waals surface area contributed by atoms with E-state index in [-0.39, 0.29) is 13.0 Å². The second kappa shape index (κ2) is 7.99. The van der Waals surface area contributed by atoms with Crippen LogP contribution >= 0.6 is 12.8 Å². The van der Waals surface area contributed by atoms with Crippen molar-refractivity contribution < 1.29 is 13.5 Å². The van der Waals surface area contributed by atoms with Crippen molar-refractivity contribution in [2.75, 3.05) is 54.4 Å². The smallest absolute Gasteiger partial charge is 0.253 e. The number of ether oxygens (including phenoxy) is 1. The lowest BCUT2D eigenvalue weighted by Crippen LogP contribution is -2.36. The molecule has 4 rings (SSSR count). The van der Waals surface area contributed by atoms with Crippen LogP contribution in [0.4, 0.5) is 26.0 Å². The monoisotopic (exact) mass is 420 g/mol. The number of morpholine rings is 1. The molecule has 1 aliphatic heterocycles. The lowest BCUT2D eigenvalue weighted by atomic mass is 10.0. The van der Waals surface area contributed by atoms with Gasteiger partial charge in [0, 0.05) is 44.6 Å². The van der Waals surface area contributed by atoms with Crippen LogP contribution in [-0.4, -0.2) is 50.8 Å². The number of hydrogen-bond acceptors (Lipinski definition) is 6. The number of halogens is 2. The number of anilines is 3. The van der Waals surface area contributed by atoms with Crippen molar-refractivity contribution in [3.05, 3.63) is 35.9 Å². The summed E-state index contributed by atoms with van der Waals surface area (Å²) < 4.78 is 33.5. The highest BCUT2D eigenvalue weighted by atomic mass is 32.1. The first-order valence-corrected chi connectivity index (χ1v) is 10.2. The van der Waals surface area contributed by atoms with Crippen LogP contribution in [0.3, 0.4) is 0 Å². The first-order chi connectivity index (χ1) is 13.8. The van der Waals surface area contributed by atoms with E-state index < -0.39 is 11.8 Å². The number of rotatable bonds is 6. The van der Waals surface area contributed by atoms with E-state index in [1.807, 2.05) is 38.2 Å². The predicted molar refractivity (Wildman–Crippen MR) is 116 cm³/mol. The van der Waals surface area contributed by atoms with Gasteiger partial charge in [-0.3, -0.25) is 0 Å². The van der Waals surface area contributed by atoms with Crippen LogP contribution in [0.25, 0.3) is 11.3 Å². The fourth-order valence-corrected chi connectivity index (χ4v) is 3.77. The van der Waals surface area contributed by atoms with E-state index in [2.05, 4.69) is 29.1 Å². The second-order valence-corrected chi connectivity index (χ2v) is 8.33. The van der Waals surface area contributed by atoms with Gasteiger partial charge in [0.2, 0.25) is 0 Å². The minimum atomic E-state index is -2.53. The van der Waals surface area contributed by atoms with E-state index in [0.29, 0.717) is 13.2 Å². The third-order valence-electron chi connectivity index (χ3n) is 5.53. The molecule has 5 nitrogen and oxygen atoms in total. The number of thiol groups is 1. The van der Waals surface area contributed by atoms with Crippen LogP contribution < -0.4 is 14.5 Å². The number of aryl methyl sites for hydroxylation is 1. The van der Waals surface area contributed by atoms with Crippen LogP contribution in [0.15, 0.2) is 30.3 Å². The van der Waals surface area contributed by atoms with Crippen molar-refractivity contribution in [1.29, 1.82) is 0 Å². The van der Waals surface area contributed by atoms with Gasteiger partial charge in [-0.25, -0.2) is 13.8 Å². The summed E-state index contributed by atoms with van der Waals surface area (Å²) in [5.74, 6) is -2.18. The van der Waals surface area contributed by atoms with Gasteiger partial charge in [0.25, 0.3) is 5.92 Å². The SMILES string of the molecule is Cc1ccc(N2CCOCC2)nc1-c1ccc(NCC2CC2(F)F)c(N(C)S)c1. The second-order valence-electron chi connectivity index (χ2n) is 7.73. The van der Waals surface area contributed by atoms with Crippen molar-refractivity contribution in [2.24, 2.45) is 5.92 Å². The van der Waals surface area contributed by atoms with Gasteiger partial charge < -0.3 is 19.3 Å². The Morgan fingerprint density at radius 1 is 1.28 bits per heavy atom. The summed E-state index contributed by atoms with van der Waals surface area (Å²) in [4.78, 5) is 7.13. The molecule has 2 fully saturated rings. The third kappa shape index (κ3) is 4.43. The van der Waals surface area contributed by atoms with Gasteiger partial charge in [-0.2, -0.15) is 0 Å². The number of pyridine rings is 1. The molecule has 2 heterocycles. The predicted octanol–water partition coefficient (Wildman–Crippen LogP) is 4.24. The van der Waals surface area contributed by atoms with Gasteiger partial charge in [0.1, 0.15) is 5.82 Å². The summed E-state index contributed by atoms with van der Waals surface area (Å²) >= 11 is 4.44. The molecule has 0 radical (unpaired) electrons. The Kier molecular flexibility index (Phi) is 5.57. The molecule has 0 bridgehead atoms. The number of hydrogen-bond donors (Lipinski definition) is 2. The van der Waals surface area contributed by atoms with E-state index >= 15 is 0 Å². The van der Waals surface area contributed by atoms with E-state index in [1.54, 1.807) is 4.31 Å². The fourth-order valence-electron chi connectivity index (χ4n) is 3.60. The van der Waals surface area contributed by atoms with Crippen molar-refractivity contribution in [1.82, 2.24) is 4.98 Å². The maximum absolute atomic E-state index is 13.2. The first kappa shape index (κ1) is 20.2. The first-order valence-electron chi connectivity index (χ1n) is 9.84. The molecule has 2 aromatic rings. The van der Waals surface area contributed by atoms with E-state index in [4.69, 9.17) is 9.72 Å². The standard InChI is InChI=1S/C21H26F2N4OS/c1-14-3-6-19(27-7-9-28-10-8-27)25-20(14)15-4-5-17(18(11-15)26(2)29)24-13-16-12-21(16,22)23/h3-6,11,16,24,29H,7-10,12-13H2,1-2H3. The number of benzene rings is 1. The van der Waals surface area contributed by atoms with E-state index in [1.165, 1.54) is 0 Å². The minimum absolute atomic E-state index is 0.0401. The van der Waals surface area contributed by atoms with Crippen LogP contribution in [0.2, 0.25) is 0 Å². The molecule has 1 unspecified atom stereocenters. The summed E-state index contributed by atoms with van der Waals surface area (Å²) in [6, 6.07) is 10.0. The number of alkyl halides is 2. The molecule has 1 aromatic carbocycles. The quantitative estimate of drug-likeness (QED) is 0.684. The fraction of sp³-hybridized carbons (Fsp3) is 0.476. The topological polar surface area (TPSA) is 40.6 Å². The van der Waals surface area contributed by atoms with E-state index in [9.17, 15) is 8.78 Å². The molecule has 2 aliphatic rings. The molecule has 1 aromatic heterocycles. The lowest BCUT2D eigenvalue weighted by Gasteiger charge is -2.28. The number of aromatic nitrogens is 1. The zero-order valence-corrected chi connectivity index (χ0v) is 17.6. The van der Waals surface area contributed by atoms with Crippen LogP contribution in [0, 0.1) is 12.8 Å². The zero-order chi connectivity index (χ0) is 20.6. The van der Waals surface area contributed by atoms with Gasteiger partial charge in [0.05, 0.1) is 30.3 Å². The number of nitrogens with zero attached hydrogens (tertiary/aromatic N) is 3. The highest BCUT2D eigenvalue weighted by Crippen LogP contribution is 2.48.